The number of carbonyl (C=O) groups is 3. The number of hydrogen-bond donors (Lipinski definition) is 4. The van der Waals surface area contributed by atoms with Crippen LogP contribution >= 0.6 is 11.6 Å². The summed E-state index contributed by atoms with van der Waals surface area (Å²) >= 11 is 5.96. The Morgan fingerprint density at radius 1 is 1.20 bits per heavy atom. The number of ether oxygens (including phenoxy) is 3. The lowest BCUT2D eigenvalue weighted by atomic mass is 10.00. The van der Waals surface area contributed by atoms with Crippen molar-refractivity contribution in [2.24, 2.45) is 0 Å². The van der Waals surface area contributed by atoms with Crippen LogP contribution in [0.15, 0.2) is 59.6 Å². The highest BCUT2D eigenvalue weighted by atomic mass is 35.5. The lowest BCUT2D eigenvalue weighted by molar-refractivity contribution is -0.124. The van der Waals surface area contributed by atoms with E-state index in [-0.39, 0.29) is 43.4 Å². The summed E-state index contributed by atoms with van der Waals surface area (Å²) in [4.78, 5) is 36.9. The summed E-state index contributed by atoms with van der Waals surface area (Å²) in [7, 11) is 1.17. The number of benzene rings is 1. The Hall–Kier alpha value is -3.62. The number of alkyl carbamates (subject to hydrolysis) is 2. The maximum Gasteiger partial charge on any atom is 0.407 e. The second-order valence-electron chi connectivity index (χ2n) is 10.0. The van der Waals surface area contributed by atoms with Gasteiger partial charge < -0.3 is 35.5 Å². The molecule has 10 nitrogen and oxygen atoms in total. The second-order valence-corrected chi connectivity index (χ2v) is 10.5. The molecule has 1 saturated heterocycles. The minimum Gasteiger partial charge on any atom is -0.453 e. The first-order valence-corrected chi connectivity index (χ1v) is 14.7. The van der Waals surface area contributed by atoms with E-state index >= 15 is 4.39 Å². The van der Waals surface area contributed by atoms with Gasteiger partial charge in [0.15, 0.2) is 0 Å². The third-order valence-corrected chi connectivity index (χ3v) is 6.79. The van der Waals surface area contributed by atoms with E-state index in [4.69, 9.17) is 21.1 Å². The van der Waals surface area contributed by atoms with Gasteiger partial charge in [0.05, 0.1) is 25.9 Å². The van der Waals surface area contributed by atoms with Crippen LogP contribution < -0.4 is 21.3 Å². The Morgan fingerprint density at radius 3 is 2.49 bits per heavy atom. The number of halogens is 5. The van der Waals surface area contributed by atoms with Gasteiger partial charge in [-0.05, 0) is 50.0 Å². The molecule has 1 fully saturated rings. The van der Waals surface area contributed by atoms with E-state index in [2.05, 4.69) is 20.7 Å². The third-order valence-electron chi connectivity index (χ3n) is 6.54. The van der Waals surface area contributed by atoms with E-state index in [9.17, 15) is 27.6 Å². The van der Waals surface area contributed by atoms with Crippen molar-refractivity contribution in [1.82, 2.24) is 21.3 Å². The maximum absolute atomic E-state index is 15.4. The molecule has 2 rings (SSSR count). The number of allylic oxidation sites excluding steroid dienone is 5. The minimum atomic E-state index is -4.55. The molecule has 0 unspecified atom stereocenters. The molecule has 0 bridgehead atoms. The maximum atomic E-state index is 15.4. The molecule has 0 aromatic heterocycles. The highest BCUT2D eigenvalue weighted by Gasteiger charge is 2.29. The number of amides is 3. The van der Waals surface area contributed by atoms with Crippen molar-refractivity contribution in [3.8, 4) is 0 Å². The van der Waals surface area contributed by atoms with Crippen LogP contribution in [0.25, 0.3) is 0 Å². The largest absolute Gasteiger partial charge is 0.453 e. The zero-order chi connectivity index (χ0) is 33.4. The molecule has 0 saturated carbocycles. The zero-order valence-electron chi connectivity index (χ0n) is 25.3. The predicted octanol–water partition coefficient (Wildman–Crippen LogP) is 5.24. The second kappa shape index (κ2) is 19.0. The van der Waals surface area contributed by atoms with Crippen LogP contribution in [-0.2, 0) is 25.4 Å². The molecular formula is C30H39ClF4N4O6. The molecule has 15 heteroatoms. The normalized spacial score (nSPS) is 18.5. The Morgan fingerprint density at radius 2 is 1.91 bits per heavy atom. The number of morpholine rings is 1. The third kappa shape index (κ3) is 14.4. The molecule has 3 atom stereocenters. The van der Waals surface area contributed by atoms with E-state index in [1.807, 2.05) is 6.92 Å². The average Bonchev–Trinajstić information content (AvgIpc) is 3.01. The first-order valence-electron chi connectivity index (χ1n) is 14.3. The summed E-state index contributed by atoms with van der Waals surface area (Å²) in [5, 5.41) is 10.5. The molecule has 0 spiro atoms. The van der Waals surface area contributed by atoms with E-state index < -0.39 is 48.7 Å². The lowest BCUT2D eigenvalue weighted by Crippen LogP contribution is -2.49. The van der Waals surface area contributed by atoms with Gasteiger partial charge in [0, 0.05) is 29.3 Å². The SMILES string of the molecule is C\C=C(NC(=O)[C@H](Cc1ccc(Cl)cc1)NC(=O)OC)/C(CC[C@@H]1CN[C@H](COC(=O)NCC(F)(F)F)CO1)=C(F)\C=C\CC. The van der Waals surface area contributed by atoms with Gasteiger partial charge in [-0.3, -0.25) is 4.79 Å². The van der Waals surface area contributed by atoms with Gasteiger partial charge in [-0.25, -0.2) is 14.0 Å². The summed E-state index contributed by atoms with van der Waals surface area (Å²) in [6, 6.07) is 5.26. The predicted molar refractivity (Wildman–Crippen MR) is 160 cm³/mol. The summed E-state index contributed by atoms with van der Waals surface area (Å²) in [6.07, 6.45) is -1.21. The van der Waals surface area contributed by atoms with Gasteiger partial charge in [-0.15, -0.1) is 0 Å². The van der Waals surface area contributed by atoms with Crippen LogP contribution in [0, 0.1) is 0 Å². The summed E-state index contributed by atoms with van der Waals surface area (Å²) < 4.78 is 67.4. The van der Waals surface area contributed by atoms with Crippen LogP contribution in [0.3, 0.4) is 0 Å². The van der Waals surface area contributed by atoms with E-state index in [1.54, 1.807) is 48.7 Å². The molecule has 250 valence electrons. The quantitative estimate of drug-likeness (QED) is 0.159. The molecule has 1 aliphatic rings. The molecule has 0 aliphatic carbocycles. The van der Waals surface area contributed by atoms with Crippen LogP contribution in [0.2, 0.25) is 5.02 Å². The van der Waals surface area contributed by atoms with Gasteiger partial charge >= 0.3 is 18.4 Å². The lowest BCUT2D eigenvalue weighted by Gasteiger charge is -2.30. The van der Waals surface area contributed by atoms with Crippen molar-refractivity contribution >= 4 is 29.7 Å². The van der Waals surface area contributed by atoms with Gasteiger partial charge in [-0.2, -0.15) is 13.2 Å². The first kappa shape index (κ1) is 37.6. The van der Waals surface area contributed by atoms with Crippen molar-refractivity contribution in [3.05, 3.63) is 70.2 Å². The summed E-state index contributed by atoms with van der Waals surface area (Å²) in [5.41, 5.74) is 1.15. The van der Waals surface area contributed by atoms with Crippen molar-refractivity contribution in [1.29, 1.82) is 0 Å². The molecule has 1 aromatic rings. The fraction of sp³-hybridized carbons (Fsp3) is 0.500. The highest BCUT2D eigenvalue weighted by Crippen LogP contribution is 2.24. The topological polar surface area (TPSA) is 127 Å². The van der Waals surface area contributed by atoms with Crippen LogP contribution in [0.5, 0.6) is 0 Å². The Balaban J connectivity index is 2.05. The monoisotopic (exact) mass is 662 g/mol. The Labute approximate surface area is 264 Å². The van der Waals surface area contributed by atoms with Crippen LogP contribution in [-0.4, -0.2) is 75.9 Å². The molecule has 45 heavy (non-hydrogen) atoms. The molecule has 1 aliphatic heterocycles. The molecular weight excluding hydrogens is 624 g/mol. The van der Waals surface area contributed by atoms with E-state index in [0.717, 1.165) is 5.56 Å². The first-order chi connectivity index (χ1) is 21.3. The molecule has 1 aromatic carbocycles. The van der Waals surface area contributed by atoms with Gasteiger partial charge in [0.1, 0.15) is 25.0 Å². The zero-order valence-corrected chi connectivity index (χ0v) is 26.0. The molecule has 0 radical (unpaired) electrons. The standard InChI is InChI=1S/C30H39ClF4N4O6/c1-4-6-7-24(32)23(13-12-22-15-36-21(16-44-22)17-45-28(41)37-18-30(33,34)35)25(5-2)38-27(40)26(39-29(42)43-3)14-19-8-10-20(31)11-9-19/h5-11,21-22,26,36H,4,12-18H2,1-3H3,(H,37,41)(H,38,40)(H,39,42)/b7-6+,24-23+,25-5+/t21-,22+,26-/m0/s1. The number of nitrogens with one attached hydrogen (secondary N) is 4. The number of alkyl halides is 3. The van der Waals surface area contributed by atoms with E-state index in [1.165, 1.54) is 13.2 Å². The molecule has 4 N–H and O–H groups in total. The Kier molecular flexibility index (Phi) is 15.9. The summed E-state index contributed by atoms with van der Waals surface area (Å²) in [6.45, 7) is 2.20. The van der Waals surface area contributed by atoms with Crippen molar-refractivity contribution < 1.29 is 46.2 Å². The molecule has 1 heterocycles. The van der Waals surface area contributed by atoms with Crippen LogP contribution in [0.1, 0.15) is 38.7 Å². The van der Waals surface area contributed by atoms with Gasteiger partial charge in [0.25, 0.3) is 0 Å². The number of methoxy groups -OCH3 is 1. The van der Waals surface area contributed by atoms with Crippen molar-refractivity contribution in [2.45, 2.75) is 63.9 Å². The van der Waals surface area contributed by atoms with Crippen LogP contribution in [0.4, 0.5) is 27.2 Å². The van der Waals surface area contributed by atoms with Crippen molar-refractivity contribution in [2.75, 3.05) is 33.4 Å². The number of rotatable bonds is 14. The van der Waals surface area contributed by atoms with Gasteiger partial charge in [0.2, 0.25) is 5.91 Å². The van der Waals surface area contributed by atoms with Crippen molar-refractivity contribution in [3.63, 3.8) is 0 Å². The highest BCUT2D eigenvalue weighted by molar-refractivity contribution is 6.30. The van der Waals surface area contributed by atoms with E-state index in [0.29, 0.717) is 24.4 Å². The average molecular weight is 663 g/mol. The fourth-order valence-electron chi connectivity index (χ4n) is 4.18. The molecule has 3 amide bonds. The smallest absolute Gasteiger partial charge is 0.407 e. The Bertz CT molecular complexity index is 1220. The number of hydrogen-bond acceptors (Lipinski definition) is 7. The summed E-state index contributed by atoms with van der Waals surface area (Å²) in [5.74, 6) is -1.15. The number of carbonyl (C=O) groups excluding carboxylic acids is 3. The fourth-order valence-corrected chi connectivity index (χ4v) is 4.30. The minimum absolute atomic E-state index is 0.104. The van der Waals surface area contributed by atoms with Gasteiger partial charge in [-0.1, -0.05) is 42.8 Å².